The van der Waals surface area contributed by atoms with Crippen LogP contribution in [-0.4, -0.2) is 66.5 Å². The Hall–Kier alpha value is -1.45. The van der Waals surface area contributed by atoms with Crippen LogP contribution in [0.2, 0.25) is 0 Å². The molecule has 1 amide bonds. The van der Waals surface area contributed by atoms with Crippen LogP contribution >= 0.6 is 0 Å². The molecule has 2 aliphatic heterocycles. The maximum atomic E-state index is 12.3. The molecule has 1 atom stereocenters. The molecular weight excluding hydrogens is 368 g/mol. The van der Waals surface area contributed by atoms with Gasteiger partial charge in [0, 0.05) is 51.6 Å². The van der Waals surface area contributed by atoms with E-state index in [4.69, 9.17) is 4.74 Å². The quantitative estimate of drug-likeness (QED) is 0.692. The lowest BCUT2D eigenvalue weighted by molar-refractivity contribution is -0.132. The van der Waals surface area contributed by atoms with E-state index >= 15 is 0 Å². The summed E-state index contributed by atoms with van der Waals surface area (Å²) in [4.78, 5) is 12.3. The average Bonchev–Trinajstić information content (AvgIpc) is 3.12. The minimum absolute atomic E-state index is 0.0890. The molecule has 0 bridgehead atoms. The first-order valence-electron chi connectivity index (χ1n) is 9.70. The normalized spacial score (nSPS) is 23.4. The smallest absolute Gasteiger partial charge is 0.220 e. The number of sulfonamides is 1. The minimum atomic E-state index is -3.14. The van der Waals surface area contributed by atoms with Gasteiger partial charge in [0.15, 0.2) is 0 Å². The largest absolute Gasteiger partial charge is 0.375 e. The summed E-state index contributed by atoms with van der Waals surface area (Å²) in [6, 6.07) is 1.89. The number of ether oxygens (including phenoxy) is 1. The van der Waals surface area contributed by atoms with Crippen molar-refractivity contribution in [2.45, 2.75) is 50.7 Å². The van der Waals surface area contributed by atoms with E-state index in [1.54, 1.807) is 6.20 Å². The number of rotatable bonds is 7. The van der Waals surface area contributed by atoms with Crippen LogP contribution in [0.15, 0.2) is 18.5 Å². The van der Waals surface area contributed by atoms with E-state index in [2.05, 4.69) is 10.4 Å². The zero-order valence-electron chi connectivity index (χ0n) is 16.0. The average molecular weight is 399 g/mol. The first-order valence-corrected chi connectivity index (χ1v) is 11.5. The number of hydrogen-bond donors (Lipinski definition) is 1. The van der Waals surface area contributed by atoms with Gasteiger partial charge in [-0.15, -0.1) is 0 Å². The molecule has 1 aromatic rings. The van der Waals surface area contributed by atoms with Gasteiger partial charge in [0.1, 0.15) is 0 Å². The molecule has 1 aromatic heterocycles. The third-order valence-corrected chi connectivity index (χ3v) is 6.92. The van der Waals surface area contributed by atoms with Crippen molar-refractivity contribution < 1.29 is 17.9 Å². The van der Waals surface area contributed by atoms with Crippen molar-refractivity contribution >= 4 is 15.9 Å². The molecule has 8 nitrogen and oxygen atoms in total. The van der Waals surface area contributed by atoms with Crippen LogP contribution in [0.25, 0.3) is 0 Å². The third-order valence-electron chi connectivity index (χ3n) is 5.62. The summed E-state index contributed by atoms with van der Waals surface area (Å²) in [5.74, 6) is 0.390. The SMILES string of the molecule is CS(=O)(=O)N1CCC2(CC1)CC(CC(=O)NCCCn1cccn1)CCO2. The maximum Gasteiger partial charge on any atom is 0.220 e. The van der Waals surface area contributed by atoms with Gasteiger partial charge in [0.05, 0.1) is 11.9 Å². The van der Waals surface area contributed by atoms with Crippen LogP contribution < -0.4 is 5.32 Å². The summed E-state index contributed by atoms with van der Waals surface area (Å²) in [5, 5.41) is 7.15. The fourth-order valence-electron chi connectivity index (χ4n) is 4.11. The Bertz CT molecular complexity index is 712. The molecule has 9 heteroatoms. The van der Waals surface area contributed by atoms with Crippen LogP contribution in [0.4, 0.5) is 0 Å². The summed E-state index contributed by atoms with van der Waals surface area (Å²) < 4.78 is 32.8. The molecule has 2 fully saturated rings. The van der Waals surface area contributed by atoms with Gasteiger partial charge in [-0.25, -0.2) is 12.7 Å². The number of amides is 1. The van der Waals surface area contributed by atoms with Gasteiger partial charge in [0.25, 0.3) is 0 Å². The molecule has 0 aliphatic carbocycles. The van der Waals surface area contributed by atoms with Crippen molar-refractivity contribution in [1.82, 2.24) is 19.4 Å². The molecule has 0 saturated carbocycles. The van der Waals surface area contributed by atoms with Gasteiger partial charge < -0.3 is 10.1 Å². The van der Waals surface area contributed by atoms with Crippen LogP contribution in [-0.2, 0) is 26.1 Å². The number of nitrogens with one attached hydrogen (secondary N) is 1. The fourth-order valence-corrected chi connectivity index (χ4v) is 4.96. The van der Waals surface area contributed by atoms with Crippen molar-refractivity contribution in [3.63, 3.8) is 0 Å². The van der Waals surface area contributed by atoms with Crippen LogP contribution in [0.1, 0.15) is 38.5 Å². The van der Waals surface area contributed by atoms with E-state index in [1.807, 2.05) is 16.9 Å². The monoisotopic (exact) mass is 398 g/mol. The van der Waals surface area contributed by atoms with Crippen LogP contribution in [0.3, 0.4) is 0 Å². The van der Waals surface area contributed by atoms with Crippen LogP contribution in [0, 0.1) is 5.92 Å². The summed E-state index contributed by atoms with van der Waals surface area (Å²) >= 11 is 0. The second-order valence-corrected chi connectivity index (χ2v) is 9.71. The zero-order chi connectivity index (χ0) is 19.3. The Morgan fingerprint density at radius 3 is 2.81 bits per heavy atom. The molecule has 3 rings (SSSR count). The molecule has 1 spiro atoms. The van der Waals surface area contributed by atoms with Crippen molar-refractivity contribution in [2.24, 2.45) is 5.92 Å². The van der Waals surface area contributed by atoms with Crippen molar-refractivity contribution in [3.8, 4) is 0 Å². The fraction of sp³-hybridized carbons (Fsp3) is 0.778. The molecule has 0 radical (unpaired) electrons. The van der Waals surface area contributed by atoms with Crippen molar-refractivity contribution in [2.75, 3.05) is 32.5 Å². The highest BCUT2D eigenvalue weighted by Crippen LogP contribution is 2.39. The van der Waals surface area contributed by atoms with E-state index in [0.29, 0.717) is 51.4 Å². The Labute approximate surface area is 161 Å². The summed E-state index contributed by atoms with van der Waals surface area (Å²) in [6.45, 7) is 3.10. The molecule has 2 aliphatic rings. The summed E-state index contributed by atoms with van der Waals surface area (Å²) in [5.41, 5.74) is -0.259. The van der Waals surface area contributed by atoms with Gasteiger partial charge in [-0.3, -0.25) is 9.48 Å². The molecule has 3 heterocycles. The molecule has 152 valence electrons. The number of nitrogens with zero attached hydrogens (tertiary/aromatic N) is 3. The Balaban J connectivity index is 1.40. The summed E-state index contributed by atoms with van der Waals surface area (Å²) in [7, 11) is -3.14. The van der Waals surface area contributed by atoms with E-state index in [-0.39, 0.29) is 11.5 Å². The predicted octanol–water partition coefficient (Wildman–Crippen LogP) is 1.00. The highest BCUT2D eigenvalue weighted by Gasteiger charge is 2.42. The predicted molar refractivity (Wildman–Crippen MR) is 102 cm³/mol. The molecule has 1 unspecified atom stereocenters. The number of aromatic nitrogens is 2. The maximum absolute atomic E-state index is 12.3. The van der Waals surface area contributed by atoms with Gasteiger partial charge in [-0.1, -0.05) is 0 Å². The number of hydrogen-bond acceptors (Lipinski definition) is 5. The van der Waals surface area contributed by atoms with Gasteiger partial charge in [-0.2, -0.15) is 5.10 Å². The van der Waals surface area contributed by atoms with Gasteiger partial charge in [0.2, 0.25) is 15.9 Å². The second-order valence-electron chi connectivity index (χ2n) is 7.73. The Morgan fingerprint density at radius 2 is 2.15 bits per heavy atom. The molecule has 1 N–H and O–H groups in total. The van der Waals surface area contributed by atoms with E-state index < -0.39 is 10.0 Å². The Kier molecular flexibility index (Phi) is 6.54. The number of piperidine rings is 1. The third kappa shape index (κ3) is 5.76. The van der Waals surface area contributed by atoms with Gasteiger partial charge >= 0.3 is 0 Å². The molecule has 2 saturated heterocycles. The first-order chi connectivity index (χ1) is 12.9. The van der Waals surface area contributed by atoms with Crippen molar-refractivity contribution in [1.29, 1.82) is 0 Å². The minimum Gasteiger partial charge on any atom is -0.375 e. The molecule has 0 aromatic carbocycles. The Morgan fingerprint density at radius 1 is 1.37 bits per heavy atom. The first kappa shape index (κ1) is 20.3. The molecule has 27 heavy (non-hydrogen) atoms. The second kappa shape index (κ2) is 8.70. The molecular formula is C18H30N4O4S. The number of aryl methyl sites for hydroxylation is 1. The lowest BCUT2D eigenvalue weighted by Crippen LogP contribution is -2.50. The highest BCUT2D eigenvalue weighted by molar-refractivity contribution is 7.88. The van der Waals surface area contributed by atoms with Gasteiger partial charge in [-0.05, 0) is 44.1 Å². The van der Waals surface area contributed by atoms with Crippen LogP contribution in [0.5, 0.6) is 0 Å². The summed E-state index contributed by atoms with van der Waals surface area (Å²) in [6.07, 6.45) is 9.44. The highest BCUT2D eigenvalue weighted by atomic mass is 32.2. The lowest BCUT2D eigenvalue weighted by atomic mass is 9.78. The number of carbonyl (C=O) groups excluding carboxylic acids is 1. The lowest BCUT2D eigenvalue weighted by Gasteiger charge is -2.45. The topological polar surface area (TPSA) is 93.5 Å². The number of carbonyl (C=O) groups is 1. The van der Waals surface area contributed by atoms with E-state index in [1.165, 1.54) is 10.6 Å². The van der Waals surface area contributed by atoms with Crippen molar-refractivity contribution in [3.05, 3.63) is 18.5 Å². The van der Waals surface area contributed by atoms with E-state index in [0.717, 1.165) is 25.8 Å². The van der Waals surface area contributed by atoms with E-state index in [9.17, 15) is 13.2 Å². The zero-order valence-corrected chi connectivity index (χ0v) is 16.8. The standard InChI is InChI=1S/C18H30N4O4S/c1-27(24,25)22-11-5-18(6-12-22)15-16(4-13-26-18)14-17(23)19-7-2-9-21-10-3-8-20-21/h3,8,10,16H,2,4-7,9,11-15H2,1H3,(H,19,23).